The second-order valence-electron chi connectivity index (χ2n) is 4.44. The van der Waals surface area contributed by atoms with Gasteiger partial charge in [-0.2, -0.15) is 13.2 Å². The van der Waals surface area contributed by atoms with Crippen LogP contribution in [0.25, 0.3) is 0 Å². The first-order chi connectivity index (χ1) is 8.48. The van der Waals surface area contributed by atoms with Crippen LogP contribution in [0.5, 0.6) is 0 Å². The summed E-state index contributed by atoms with van der Waals surface area (Å²) in [5.41, 5.74) is 0.310. The van der Waals surface area contributed by atoms with E-state index in [1.165, 1.54) is 0 Å². The summed E-state index contributed by atoms with van der Waals surface area (Å²) in [6.07, 6.45) is -4.26. The van der Waals surface area contributed by atoms with Crippen molar-refractivity contribution in [2.75, 3.05) is 26.3 Å². The molecule has 0 amide bonds. The maximum absolute atomic E-state index is 12.4. The first kappa shape index (κ1) is 13.4. The van der Waals surface area contributed by atoms with Gasteiger partial charge < -0.3 is 4.74 Å². The highest BCUT2D eigenvalue weighted by atomic mass is 19.4. The van der Waals surface area contributed by atoms with Crippen molar-refractivity contribution in [3.8, 4) is 0 Å². The molecule has 1 aliphatic heterocycles. The molecular weight excluding hydrogens is 243 g/mol. The number of alkyl halides is 3. The third kappa shape index (κ3) is 3.03. The summed E-state index contributed by atoms with van der Waals surface area (Å²) in [6.45, 7) is 5.02. The van der Waals surface area contributed by atoms with E-state index in [9.17, 15) is 13.2 Å². The van der Waals surface area contributed by atoms with Gasteiger partial charge in [-0.25, -0.2) is 0 Å². The van der Waals surface area contributed by atoms with Crippen molar-refractivity contribution in [2.24, 2.45) is 0 Å². The van der Waals surface area contributed by atoms with Gasteiger partial charge >= 0.3 is 6.18 Å². The van der Waals surface area contributed by atoms with Gasteiger partial charge in [-0.15, -0.1) is 0 Å². The fourth-order valence-corrected chi connectivity index (χ4v) is 2.13. The predicted octanol–water partition coefficient (Wildman–Crippen LogP) is 3.10. The molecule has 1 aromatic carbocycles. The molecule has 0 N–H and O–H groups in total. The van der Waals surface area contributed by atoms with E-state index < -0.39 is 11.7 Å². The number of halogens is 3. The van der Waals surface area contributed by atoms with E-state index in [1.54, 1.807) is 12.1 Å². The Kier molecular flexibility index (Phi) is 3.92. The van der Waals surface area contributed by atoms with Gasteiger partial charge in [0.2, 0.25) is 0 Å². The molecule has 1 aliphatic rings. The van der Waals surface area contributed by atoms with E-state index in [0.29, 0.717) is 13.2 Å². The Morgan fingerprint density at radius 1 is 1.11 bits per heavy atom. The highest BCUT2D eigenvalue weighted by Crippen LogP contribution is 2.30. The molecular formula is C13H16F3NO. The monoisotopic (exact) mass is 259 g/mol. The predicted molar refractivity (Wildman–Crippen MR) is 62.3 cm³/mol. The molecule has 1 heterocycles. The molecule has 2 nitrogen and oxygen atoms in total. The second kappa shape index (κ2) is 5.28. The maximum Gasteiger partial charge on any atom is 0.416 e. The lowest BCUT2D eigenvalue weighted by atomic mass is 10.0. The van der Waals surface area contributed by atoms with Crippen molar-refractivity contribution < 1.29 is 17.9 Å². The van der Waals surface area contributed by atoms with Gasteiger partial charge in [-0.1, -0.05) is 12.1 Å². The quantitative estimate of drug-likeness (QED) is 0.809. The molecule has 0 spiro atoms. The van der Waals surface area contributed by atoms with Crippen LogP contribution in [0.4, 0.5) is 13.2 Å². The third-order valence-electron chi connectivity index (χ3n) is 3.31. The molecule has 0 aromatic heterocycles. The highest BCUT2D eigenvalue weighted by Gasteiger charge is 2.30. The molecule has 0 saturated carbocycles. The minimum Gasteiger partial charge on any atom is -0.379 e. The van der Waals surface area contributed by atoms with E-state index in [2.05, 4.69) is 4.90 Å². The highest BCUT2D eigenvalue weighted by molar-refractivity contribution is 5.26. The Morgan fingerprint density at radius 2 is 1.67 bits per heavy atom. The van der Waals surface area contributed by atoms with Crippen LogP contribution in [0.15, 0.2) is 24.3 Å². The second-order valence-corrected chi connectivity index (χ2v) is 4.44. The molecule has 2 rings (SSSR count). The van der Waals surface area contributed by atoms with Crippen LogP contribution < -0.4 is 0 Å². The Hall–Kier alpha value is -1.07. The average molecular weight is 259 g/mol. The summed E-state index contributed by atoms with van der Waals surface area (Å²) in [4.78, 5) is 2.21. The summed E-state index contributed by atoms with van der Waals surface area (Å²) in [5, 5.41) is 0. The summed E-state index contributed by atoms with van der Waals surface area (Å²) < 4.78 is 42.6. The largest absolute Gasteiger partial charge is 0.416 e. The first-order valence-corrected chi connectivity index (χ1v) is 5.97. The number of hydrogen-bond acceptors (Lipinski definition) is 2. The van der Waals surface area contributed by atoms with Gasteiger partial charge in [0.15, 0.2) is 0 Å². The fraction of sp³-hybridized carbons (Fsp3) is 0.538. The number of ether oxygens (including phenoxy) is 1. The SMILES string of the molecule is C[C@H](c1ccc(C(F)(F)F)cc1)N1CCOCC1. The number of nitrogens with zero attached hydrogens (tertiary/aromatic N) is 1. The molecule has 1 aromatic rings. The third-order valence-corrected chi connectivity index (χ3v) is 3.31. The molecule has 0 bridgehead atoms. The standard InChI is InChI=1S/C13H16F3NO/c1-10(17-6-8-18-9-7-17)11-2-4-12(5-3-11)13(14,15)16/h2-5,10H,6-9H2,1H3/t10-/m1/s1. The van der Waals surface area contributed by atoms with Crippen LogP contribution in [0.2, 0.25) is 0 Å². The lowest BCUT2D eigenvalue weighted by molar-refractivity contribution is -0.137. The summed E-state index contributed by atoms with van der Waals surface area (Å²) in [7, 11) is 0. The lowest BCUT2D eigenvalue weighted by Crippen LogP contribution is -2.38. The zero-order valence-electron chi connectivity index (χ0n) is 10.2. The van der Waals surface area contributed by atoms with Crippen LogP contribution in [0, 0.1) is 0 Å². The minimum atomic E-state index is -4.26. The lowest BCUT2D eigenvalue weighted by Gasteiger charge is -2.32. The summed E-state index contributed by atoms with van der Waals surface area (Å²) in [6, 6.07) is 5.53. The van der Waals surface area contributed by atoms with Crippen LogP contribution >= 0.6 is 0 Å². The zero-order valence-corrected chi connectivity index (χ0v) is 10.2. The summed E-state index contributed by atoms with van der Waals surface area (Å²) >= 11 is 0. The van der Waals surface area contributed by atoms with Crippen LogP contribution in [-0.4, -0.2) is 31.2 Å². The maximum atomic E-state index is 12.4. The normalized spacial score (nSPS) is 19.8. The van der Waals surface area contributed by atoms with E-state index in [-0.39, 0.29) is 6.04 Å². The van der Waals surface area contributed by atoms with Crippen molar-refractivity contribution in [3.05, 3.63) is 35.4 Å². The summed E-state index contributed by atoms with van der Waals surface area (Å²) in [5.74, 6) is 0. The van der Waals surface area contributed by atoms with E-state index in [4.69, 9.17) is 4.74 Å². The molecule has 18 heavy (non-hydrogen) atoms. The van der Waals surface area contributed by atoms with E-state index in [0.717, 1.165) is 30.8 Å². The fourth-order valence-electron chi connectivity index (χ4n) is 2.13. The Bertz CT molecular complexity index is 382. The molecule has 1 fully saturated rings. The molecule has 1 atom stereocenters. The average Bonchev–Trinajstić information content (AvgIpc) is 2.38. The van der Waals surface area contributed by atoms with E-state index >= 15 is 0 Å². The Balaban J connectivity index is 2.09. The van der Waals surface area contributed by atoms with Gasteiger partial charge in [-0.05, 0) is 24.6 Å². The van der Waals surface area contributed by atoms with Gasteiger partial charge in [-0.3, -0.25) is 4.90 Å². The molecule has 1 saturated heterocycles. The van der Waals surface area contributed by atoms with Crippen LogP contribution in [0.1, 0.15) is 24.1 Å². The van der Waals surface area contributed by atoms with Crippen molar-refractivity contribution in [1.29, 1.82) is 0 Å². The Labute approximate surface area is 104 Å². The molecule has 0 aliphatic carbocycles. The number of benzene rings is 1. The number of rotatable bonds is 2. The van der Waals surface area contributed by atoms with Gasteiger partial charge in [0, 0.05) is 19.1 Å². The topological polar surface area (TPSA) is 12.5 Å². The number of morpholine rings is 1. The first-order valence-electron chi connectivity index (χ1n) is 5.97. The van der Waals surface area contributed by atoms with Gasteiger partial charge in [0.05, 0.1) is 18.8 Å². The van der Waals surface area contributed by atoms with Gasteiger partial charge in [0.1, 0.15) is 0 Å². The molecule has 0 radical (unpaired) electrons. The van der Waals surface area contributed by atoms with Crippen molar-refractivity contribution in [2.45, 2.75) is 19.1 Å². The molecule has 0 unspecified atom stereocenters. The van der Waals surface area contributed by atoms with E-state index in [1.807, 2.05) is 6.92 Å². The van der Waals surface area contributed by atoms with Gasteiger partial charge in [0.25, 0.3) is 0 Å². The minimum absolute atomic E-state index is 0.121. The van der Waals surface area contributed by atoms with Crippen LogP contribution in [-0.2, 0) is 10.9 Å². The van der Waals surface area contributed by atoms with Crippen molar-refractivity contribution in [1.82, 2.24) is 4.90 Å². The van der Waals surface area contributed by atoms with Crippen molar-refractivity contribution in [3.63, 3.8) is 0 Å². The Morgan fingerprint density at radius 3 is 2.17 bits per heavy atom. The molecule has 5 heteroatoms. The zero-order chi connectivity index (χ0) is 13.2. The number of hydrogen-bond donors (Lipinski definition) is 0. The van der Waals surface area contributed by atoms with Crippen LogP contribution in [0.3, 0.4) is 0 Å². The molecule has 100 valence electrons. The van der Waals surface area contributed by atoms with Crippen molar-refractivity contribution >= 4 is 0 Å². The smallest absolute Gasteiger partial charge is 0.379 e.